The molecule has 0 aliphatic rings. The molecule has 0 bridgehead atoms. The second-order valence-corrected chi connectivity index (χ2v) is 6.12. The van der Waals surface area contributed by atoms with Gasteiger partial charge in [-0.2, -0.15) is 0 Å². The number of nitro groups is 1. The Kier molecular flexibility index (Phi) is 6.50. The van der Waals surface area contributed by atoms with Gasteiger partial charge in [0.05, 0.1) is 17.1 Å². The van der Waals surface area contributed by atoms with E-state index in [0.717, 1.165) is 3.57 Å². The molecule has 0 atom stereocenters. The van der Waals surface area contributed by atoms with Crippen LogP contribution in [0.2, 0.25) is 0 Å². The van der Waals surface area contributed by atoms with Crippen LogP contribution >= 0.6 is 22.6 Å². The van der Waals surface area contributed by atoms with E-state index in [1.165, 1.54) is 18.2 Å². The van der Waals surface area contributed by atoms with Crippen LogP contribution in [-0.4, -0.2) is 31.1 Å². The number of non-ortho nitro benzene ring substituents is 1. The summed E-state index contributed by atoms with van der Waals surface area (Å²) in [4.78, 5) is 23.0. The lowest BCUT2D eigenvalue weighted by molar-refractivity contribution is -0.384. The van der Waals surface area contributed by atoms with Gasteiger partial charge in [-0.1, -0.05) is 6.07 Å². The van der Waals surface area contributed by atoms with Crippen molar-refractivity contribution in [2.75, 3.05) is 30.9 Å². The number of halogens is 1. The Hall–Kier alpha value is -2.20. The molecule has 0 aromatic heterocycles. The van der Waals surface area contributed by atoms with Crippen LogP contribution < -0.4 is 10.6 Å². The topological polar surface area (TPSA) is 93.5 Å². The highest BCUT2D eigenvalue weighted by Gasteiger charge is 2.17. The summed E-state index contributed by atoms with van der Waals surface area (Å²) in [6.45, 7) is 0.937. The number of carbonyl (C=O) groups excluding carboxylic acids is 1. The highest BCUT2D eigenvalue weighted by molar-refractivity contribution is 14.1. The van der Waals surface area contributed by atoms with Crippen LogP contribution in [0.15, 0.2) is 42.5 Å². The fraction of sp³-hybridized carbons (Fsp3) is 0.188. The minimum Gasteiger partial charge on any atom is -0.383 e. The number of hydrogen-bond donors (Lipinski definition) is 2. The second kappa shape index (κ2) is 8.60. The summed E-state index contributed by atoms with van der Waals surface area (Å²) < 4.78 is 5.94. The number of ether oxygens (including phenoxy) is 1. The zero-order valence-corrected chi connectivity index (χ0v) is 15.1. The predicted octanol–water partition coefficient (Wildman–Crippen LogP) is 3.51. The minimum absolute atomic E-state index is 0.139. The van der Waals surface area contributed by atoms with E-state index < -0.39 is 10.8 Å². The van der Waals surface area contributed by atoms with Gasteiger partial charge in [0.1, 0.15) is 0 Å². The third-order valence-corrected chi connectivity index (χ3v) is 3.83. The minimum atomic E-state index is -0.527. The zero-order chi connectivity index (χ0) is 17.5. The number of anilines is 2. The molecule has 0 radical (unpaired) electrons. The van der Waals surface area contributed by atoms with Gasteiger partial charge in [0.15, 0.2) is 0 Å². The van der Waals surface area contributed by atoms with Crippen LogP contribution in [0.25, 0.3) is 0 Å². The van der Waals surface area contributed by atoms with Crippen molar-refractivity contribution in [2.45, 2.75) is 0 Å². The molecule has 7 nitrogen and oxygen atoms in total. The molecular weight excluding hydrogens is 425 g/mol. The molecule has 0 heterocycles. The Balaban J connectivity index is 2.28. The number of carbonyl (C=O) groups is 1. The van der Waals surface area contributed by atoms with Gasteiger partial charge in [0, 0.05) is 40.7 Å². The first kappa shape index (κ1) is 18.1. The van der Waals surface area contributed by atoms with Crippen molar-refractivity contribution in [3.05, 3.63) is 61.7 Å². The van der Waals surface area contributed by atoms with Crippen LogP contribution in [-0.2, 0) is 4.74 Å². The number of rotatable bonds is 7. The number of nitrogens with one attached hydrogen (secondary N) is 2. The van der Waals surface area contributed by atoms with E-state index in [0.29, 0.717) is 24.5 Å². The summed E-state index contributed by atoms with van der Waals surface area (Å²) in [6, 6.07) is 11.4. The van der Waals surface area contributed by atoms with Crippen molar-refractivity contribution in [3.8, 4) is 0 Å². The Morgan fingerprint density at radius 3 is 2.75 bits per heavy atom. The Bertz CT molecular complexity index is 752. The normalized spacial score (nSPS) is 10.2. The van der Waals surface area contributed by atoms with Crippen LogP contribution in [0.5, 0.6) is 0 Å². The van der Waals surface area contributed by atoms with Crippen LogP contribution in [0.4, 0.5) is 17.1 Å². The molecule has 2 aromatic carbocycles. The van der Waals surface area contributed by atoms with Crippen molar-refractivity contribution in [1.29, 1.82) is 0 Å². The van der Waals surface area contributed by atoms with E-state index in [1.807, 2.05) is 18.2 Å². The molecule has 8 heteroatoms. The van der Waals surface area contributed by atoms with Crippen LogP contribution in [0.1, 0.15) is 10.4 Å². The smallest absolute Gasteiger partial charge is 0.270 e. The largest absolute Gasteiger partial charge is 0.383 e. The molecule has 0 fully saturated rings. The number of methoxy groups -OCH3 is 1. The van der Waals surface area contributed by atoms with E-state index in [-0.39, 0.29) is 11.3 Å². The molecule has 1 amide bonds. The zero-order valence-electron chi connectivity index (χ0n) is 12.9. The molecular formula is C16H16IN3O4. The maximum atomic E-state index is 12.5. The molecule has 0 saturated carbocycles. The van der Waals surface area contributed by atoms with Gasteiger partial charge >= 0.3 is 0 Å². The van der Waals surface area contributed by atoms with E-state index in [1.54, 1.807) is 13.2 Å². The Morgan fingerprint density at radius 2 is 2.08 bits per heavy atom. The lowest BCUT2D eigenvalue weighted by atomic mass is 10.1. The quantitative estimate of drug-likeness (QED) is 0.297. The monoisotopic (exact) mass is 441 g/mol. The molecule has 0 saturated heterocycles. The van der Waals surface area contributed by atoms with Crippen molar-refractivity contribution < 1.29 is 14.5 Å². The summed E-state index contributed by atoms with van der Waals surface area (Å²) in [5.74, 6) is -0.416. The van der Waals surface area contributed by atoms with E-state index in [2.05, 4.69) is 33.2 Å². The van der Waals surface area contributed by atoms with Gasteiger partial charge in [-0.05, 0) is 46.9 Å². The lowest BCUT2D eigenvalue weighted by Gasteiger charge is -2.12. The third kappa shape index (κ3) is 4.90. The molecule has 24 heavy (non-hydrogen) atoms. The summed E-state index contributed by atoms with van der Waals surface area (Å²) in [7, 11) is 1.57. The summed E-state index contributed by atoms with van der Waals surface area (Å²) in [5, 5.41) is 16.8. The summed E-state index contributed by atoms with van der Waals surface area (Å²) in [5.41, 5.74) is 1.21. The molecule has 2 N–H and O–H groups in total. The average Bonchev–Trinajstić information content (AvgIpc) is 2.55. The number of amides is 1. The van der Waals surface area contributed by atoms with Gasteiger partial charge in [-0.3, -0.25) is 14.9 Å². The van der Waals surface area contributed by atoms with Crippen molar-refractivity contribution in [3.63, 3.8) is 0 Å². The summed E-state index contributed by atoms with van der Waals surface area (Å²) in [6.07, 6.45) is 0. The molecule has 126 valence electrons. The third-order valence-electron chi connectivity index (χ3n) is 3.16. The highest BCUT2D eigenvalue weighted by atomic mass is 127. The number of nitrogens with zero attached hydrogens (tertiary/aromatic N) is 1. The fourth-order valence-corrected chi connectivity index (χ4v) is 2.58. The van der Waals surface area contributed by atoms with E-state index in [9.17, 15) is 14.9 Å². The molecule has 2 rings (SSSR count). The SMILES string of the molecule is COCCNc1ccc([N+](=O)[O-])cc1C(=O)Nc1cccc(I)c1. The molecule has 0 spiro atoms. The highest BCUT2D eigenvalue weighted by Crippen LogP contribution is 2.23. The standard InChI is InChI=1S/C16H16IN3O4/c1-24-8-7-18-15-6-5-13(20(22)23)10-14(15)16(21)19-12-4-2-3-11(17)9-12/h2-6,9-10,18H,7-8H2,1H3,(H,19,21). The van der Waals surface area contributed by atoms with Gasteiger partial charge in [0.25, 0.3) is 11.6 Å². The first-order chi connectivity index (χ1) is 11.5. The van der Waals surface area contributed by atoms with Crippen molar-refractivity contribution >= 4 is 45.6 Å². The van der Waals surface area contributed by atoms with E-state index >= 15 is 0 Å². The summed E-state index contributed by atoms with van der Waals surface area (Å²) >= 11 is 2.14. The van der Waals surface area contributed by atoms with Crippen LogP contribution in [0.3, 0.4) is 0 Å². The number of nitro benzene ring substituents is 1. The van der Waals surface area contributed by atoms with Crippen LogP contribution in [0, 0.1) is 13.7 Å². The first-order valence-corrected chi connectivity index (χ1v) is 8.17. The Morgan fingerprint density at radius 1 is 1.29 bits per heavy atom. The van der Waals surface area contributed by atoms with Crippen molar-refractivity contribution in [2.24, 2.45) is 0 Å². The maximum absolute atomic E-state index is 12.5. The van der Waals surface area contributed by atoms with Gasteiger partial charge in [-0.15, -0.1) is 0 Å². The average molecular weight is 441 g/mol. The van der Waals surface area contributed by atoms with Gasteiger partial charge in [0.2, 0.25) is 0 Å². The molecule has 2 aromatic rings. The van der Waals surface area contributed by atoms with Crippen molar-refractivity contribution in [1.82, 2.24) is 0 Å². The van der Waals surface area contributed by atoms with E-state index in [4.69, 9.17) is 4.74 Å². The first-order valence-electron chi connectivity index (χ1n) is 7.09. The lowest BCUT2D eigenvalue weighted by Crippen LogP contribution is -2.17. The second-order valence-electron chi connectivity index (χ2n) is 4.87. The Labute approximate surface area is 152 Å². The number of benzene rings is 2. The fourth-order valence-electron chi connectivity index (χ4n) is 2.04. The van der Waals surface area contributed by atoms with Gasteiger partial charge in [-0.25, -0.2) is 0 Å². The molecule has 0 aliphatic heterocycles. The molecule has 0 unspecified atom stereocenters. The number of hydrogen-bond acceptors (Lipinski definition) is 5. The maximum Gasteiger partial charge on any atom is 0.270 e. The van der Waals surface area contributed by atoms with Gasteiger partial charge < -0.3 is 15.4 Å². The molecule has 0 aliphatic carbocycles. The predicted molar refractivity (Wildman–Crippen MR) is 101 cm³/mol.